The van der Waals surface area contributed by atoms with Crippen LogP contribution in [0.3, 0.4) is 0 Å². The van der Waals surface area contributed by atoms with Gasteiger partial charge in [0.15, 0.2) is 7.29 Å². The van der Waals surface area contributed by atoms with Gasteiger partial charge in [-0.2, -0.15) is 0 Å². The molecule has 0 bridgehead atoms. The van der Waals surface area contributed by atoms with Crippen molar-refractivity contribution >= 4 is 7.29 Å². The second kappa shape index (κ2) is 3.76. The maximum Gasteiger partial charge on any atom is 0.155 e. The lowest BCUT2D eigenvalue weighted by atomic mass is 10.2. The van der Waals surface area contributed by atoms with E-state index in [0.29, 0.717) is 5.92 Å². The minimum Gasteiger partial charge on any atom is -0.306 e. The number of hydrogen-bond donors (Lipinski definition) is 1. The summed E-state index contributed by atoms with van der Waals surface area (Å²) >= 11 is 0. The smallest absolute Gasteiger partial charge is 0.155 e. The first-order valence-electron chi connectivity index (χ1n) is 4.51. The lowest BCUT2D eigenvalue weighted by Crippen LogP contribution is -2.18. The van der Waals surface area contributed by atoms with Crippen molar-refractivity contribution in [2.75, 3.05) is 18.9 Å². The molecule has 1 rings (SSSR count). The predicted molar refractivity (Wildman–Crippen MR) is 53.9 cm³/mol. The van der Waals surface area contributed by atoms with Gasteiger partial charge < -0.3 is 4.57 Å². The topological polar surface area (TPSA) is 29.1 Å². The monoisotopic (exact) mass is 187 g/mol. The summed E-state index contributed by atoms with van der Waals surface area (Å²) in [6.07, 6.45) is 3.62. The minimum absolute atomic E-state index is 0.580. The van der Waals surface area contributed by atoms with Gasteiger partial charge in [0.25, 0.3) is 0 Å². The van der Waals surface area contributed by atoms with Crippen molar-refractivity contribution in [1.82, 2.24) is 5.09 Å². The van der Waals surface area contributed by atoms with Crippen LogP contribution in [0.4, 0.5) is 0 Å². The van der Waals surface area contributed by atoms with Crippen molar-refractivity contribution in [3.05, 3.63) is 11.6 Å². The van der Waals surface area contributed by atoms with Crippen LogP contribution in [0.25, 0.3) is 0 Å². The van der Waals surface area contributed by atoms with Crippen LogP contribution in [-0.4, -0.2) is 18.9 Å². The van der Waals surface area contributed by atoms with Crippen LogP contribution in [0.2, 0.25) is 0 Å². The molecule has 1 aliphatic rings. The molecular weight excluding hydrogens is 169 g/mol. The quantitative estimate of drug-likeness (QED) is 0.543. The first kappa shape index (κ1) is 10.0. The molecule has 0 spiro atoms. The summed E-state index contributed by atoms with van der Waals surface area (Å²) < 4.78 is 12.0. The molecule has 1 atom stereocenters. The molecule has 0 fully saturated rings. The molecule has 0 amide bonds. The molecule has 0 saturated heterocycles. The standard InChI is InChI=1S/C9H18NOP/c1-8(2)6-10-12(11)5-4-9(3)7-12/h4,8H,5-7H2,1-3H3,(H,10,11). The Morgan fingerprint density at radius 1 is 1.67 bits per heavy atom. The Morgan fingerprint density at radius 2 is 2.33 bits per heavy atom. The van der Waals surface area contributed by atoms with Crippen molar-refractivity contribution in [1.29, 1.82) is 0 Å². The predicted octanol–water partition coefficient (Wildman–Crippen LogP) is 2.47. The van der Waals surface area contributed by atoms with Crippen molar-refractivity contribution < 1.29 is 4.57 Å². The SMILES string of the molecule is CC1=CCP(=O)(NCC(C)C)C1. The molecule has 0 aromatic carbocycles. The van der Waals surface area contributed by atoms with Gasteiger partial charge >= 0.3 is 0 Å². The molecule has 0 aliphatic carbocycles. The maximum atomic E-state index is 12.0. The highest BCUT2D eigenvalue weighted by molar-refractivity contribution is 7.62. The Hall–Kier alpha value is -0.0700. The Morgan fingerprint density at radius 3 is 2.75 bits per heavy atom. The van der Waals surface area contributed by atoms with Gasteiger partial charge in [0, 0.05) is 18.9 Å². The summed E-state index contributed by atoms with van der Waals surface area (Å²) in [4.78, 5) is 0. The van der Waals surface area contributed by atoms with Crippen LogP contribution < -0.4 is 5.09 Å². The van der Waals surface area contributed by atoms with Gasteiger partial charge in [-0.3, -0.25) is 5.09 Å². The second-order valence-electron chi connectivity index (χ2n) is 4.04. The average molecular weight is 187 g/mol. The Kier molecular flexibility index (Phi) is 3.14. The molecule has 12 heavy (non-hydrogen) atoms. The van der Waals surface area contributed by atoms with E-state index >= 15 is 0 Å². The average Bonchev–Trinajstić information content (AvgIpc) is 2.29. The number of rotatable bonds is 3. The van der Waals surface area contributed by atoms with E-state index in [0.717, 1.165) is 18.9 Å². The van der Waals surface area contributed by atoms with Gasteiger partial charge in [0.05, 0.1) is 0 Å². The van der Waals surface area contributed by atoms with Gasteiger partial charge in [-0.15, -0.1) is 0 Å². The second-order valence-corrected chi connectivity index (χ2v) is 6.81. The zero-order valence-electron chi connectivity index (χ0n) is 8.13. The Balaban J connectivity index is 2.38. The maximum absolute atomic E-state index is 12.0. The Bertz CT molecular complexity index is 233. The normalized spacial score (nSPS) is 29.5. The molecule has 0 radical (unpaired) electrons. The van der Waals surface area contributed by atoms with Crippen LogP contribution in [-0.2, 0) is 4.57 Å². The van der Waals surface area contributed by atoms with Crippen LogP contribution >= 0.6 is 7.29 Å². The number of allylic oxidation sites excluding steroid dienone is 2. The van der Waals surface area contributed by atoms with Gasteiger partial charge in [-0.05, 0) is 12.8 Å². The van der Waals surface area contributed by atoms with E-state index in [1.54, 1.807) is 0 Å². The third-order valence-corrected chi connectivity index (χ3v) is 4.57. The molecule has 1 unspecified atom stereocenters. The van der Waals surface area contributed by atoms with Crippen LogP contribution in [0.15, 0.2) is 11.6 Å². The largest absolute Gasteiger partial charge is 0.306 e. The van der Waals surface area contributed by atoms with Crippen LogP contribution in [0, 0.1) is 5.92 Å². The zero-order valence-corrected chi connectivity index (χ0v) is 9.03. The van der Waals surface area contributed by atoms with Crippen molar-refractivity contribution in [3.63, 3.8) is 0 Å². The highest BCUT2D eigenvalue weighted by Gasteiger charge is 2.25. The van der Waals surface area contributed by atoms with Gasteiger partial charge in [0.2, 0.25) is 0 Å². The van der Waals surface area contributed by atoms with E-state index in [1.165, 1.54) is 5.57 Å². The van der Waals surface area contributed by atoms with E-state index in [1.807, 2.05) is 0 Å². The summed E-state index contributed by atoms with van der Waals surface area (Å²) in [6.45, 7) is 7.19. The molecule has 3 heteroatoms. The van der Waals surface area contributed by atoms with E-state index in [4.69, 9.17) is 0 Å². The molecule has 1 heterocycles. The van der Waals surface area contributed by atoms with Gasteiger partial charge in [-0.1, -0.05) is 25.5 Å². The van der Waals surface area contributed by atoms with Crippen LogP contribution in [0.1, 0.15) is 20.8 Å². The molecule has 1 aliphatic heterocycles. The van der Waals surface area contributed by atoms with Crippen LogP contribution in [0.5, 0.6) is 0 Å². The molecule has 0 saturated carbocycles. The first-order valence-corrected chi connectivity index (χ1v) is 6.58. The van der Waals surface area contributed by atoms with Gasteiger partial charge in [0.1, 0.15) is 0 Å². The van der Waals surface area contributed by atoms with Crippen molar-refractivity contribution in [3.8, 4) is 0 Å². The number of nitrogens with one attached hydrogen (secondary N) is 1. The first-order chi connectivity index (χ1) is 5.52. The van der Waals surface area contributed by atoms with E-state index < -0.39 is 7.29 Å². The fraction of sp³-hybridized carbons (Fsp3) is 0.778. The Labute approximate surface area is 74.9 Å². The summed E-state index contributed by atoms with van der Waals surface area (Å²) in [6, 6.07) is 0. The summed E-state index contributed by atoms with van der Waals surface area (Å²) in [7, 11) is -2.02. The van der Waals surface area contributed by atoms with Crippen molar-refractivity contribution in [2.45, 2.75) is 20.8 Å². The molecule has 70 valence electrons. The van der Waals surface area contributed by atoms with E-state index in [2.05, 4.69) is 31.9 Å². The molecule has 1 N–H and O–H groups in total. The molecule has 0 aromatic rings. The number of hydrogen-bond acceptors (Lipinski definition) is 1. The molecule has 2 nitrogen and oxygen atoms in total. The van der Waals surface area contributed by atoms with E-state index in [9.17, 15) is 4.57 Å². The molecular formula is C9H18NOP. The van der Waals surface area contributed by atoms with E-state index in [-0.39, 0.29) is 0 Å². The molecule has 0 aromatic heterocycles. The fourth-order valence-corrected chi connectivity index (χ4v) is 3.91. The van der Waals surface area contributed by atoms with Crippen molar-refractivity contribution in [2.24, 2.45) is 5.92 Å². The third kappa shape index (κ3) is 2.76. The summed E-state index contributed by atoms with van der Waals surface area (Å²) in [5, 5.41) is 3.19. The zero-order chi connectivity index (χ0) is 9.19. The summed E-state index contributed by atoms with van der Waals surface area (Å²) in [5.41, 5.74) is 1.27. The lowest BCUT2D eigenvalue weighted by molar-refractivity contribution is 0.554. The fourth-order valence-electron chi connectivity index (χ4n) is 1.30. The highest BCUT2D eigenvalue weighted by atomic mass is 31.2. The highest BCUT2D eigenvalue weighted by Crippen LogP contribution is 2.47. The third-order valence-electron chi connectivity index (χ3n) is 2.03. The lowest BCUT2D eigenvalue weighted by Gasteiger charge is -2.15. The minimum atomic E-state index is -2.02. The van der Waals surface area contributed by atoms with Gasteiger partial charge in [-0.25, -0.2) is 0 Å². The summed E-state index contributed by atoms with van der Waals surface area (Å²) in [5.74, 6) is 0.580.